The summed E-state index contributed by atoms with van der Waals surface area (Å²) in [4.78, 5) is 12.4. The molecule has 0 aliphatic heterocycles. The number of hydrogen-bond acceptors (Lipinski definition) is 7. The SMILES string of the molecule is CCOC(=O)C(C)Sc1nnc(-c2cccs2)o1. The largest absolute Gasteiger partial charge is 0.465 e. The van der Waals surface area contributed by atoms with Crippen LogP contribution < -0.4 is 0 Å². The van der Waals surface area contributed by atoms with Crippen molar-refractivity contribution in [2.45, 2.75) is 24.3 Å². The van der Waals surface area contributed by atoms with Crippen LogP contribution in [0.4, 0.5) is 0 Å². The molecule has 0 aliphatic carbocycles. The molecule has 0 saturated heterocycles. The van der Waals surface area contributed by atoms with E-state index in [1.54, 1.807) is 13.8 Å². The number of thiophene rings is 1. The van der Waals surface area contributed by atoms with Gasteiger partial charge in [0, 0.05) is 0 Å². The van der Waals surface area contributed by atoms with Crippen molar-refractivity contribution in [2.24, 2.45) is 0 Å². The van der Waals surface area contributed by atoms with Gasteiger partial charge in [-0.25, -0.2) is 0 Å². The number of hydrogen-bond donors (Lipinski definition) is 0. The van der Waals surface area contributed by atoms with Gasteiger partial charge in [0.25, 0.3) is 11.1 Å². The van der Waals surface area contributed by atoms with Gasteiger partial charge in [-0.15, -0.1) is 21.5 Å². The first-order valence-corrected chi connectivity index (χ1v) is 7.17. The fourth-order valence-corrected chi connectivity index (χ4v) is 2.54. The van der Waals surface area contributed by atoms with Gasteiger partial charge in [-0.05, 0) is 25.3 Å². The van der Waals surface area contributed by atoms with Crippen molar-refractivity contribution in [2.75, 3.05) is 6.61 Å². The lowest BCUT2D eigenvalue weighted by Crippen LogP contribution is -2.16. The van der Waals surface area contributed by atoms with Crippen LogP contribution in [0.5, 0.6) is 0 Å². The summed E-state index contributed by atoms with van der Waals surface area (Å²) in [6.45, 7) is 3.89. The van der Waals surface area contributed by atoms with Gasteiger partial charge >= 0.3 is 5.97 Å². The van der Waals surface area contributed by atoms with Crippen molar-refractivity contribution in [1.29, 1.82) is 0 Å². The smallest absolute Gasteiger partial charge is 0.319 e. The van der Waals surface area contributed by atoms with Crippen LogP contribution in [0.3, 0.4) is 0 Å². The average Bonchev–Trinajstić information content (AvgIpc) is 2.98. The molecule has 0 aliphatic rings. The molecule has 0 amide bonds. The van der Waals surface area contributed by atoms with E-state index < -0.39 is 0 Å². The predicted molar refractivity (Wildman–Crippen MR) is 69.6 cm³/mol. The van der Waals surface area contributed by atoms with Gasteiger partial charge in [0.05, 0.1) is 11.5 Å². The lowest BCUT2D eigenvalue weighted by molar-refractivity contribution is -0.142. The molecule has 96 valence electrons. The maximum Gasteiger partial charge on any atom is 0.319 e. The predicted octanol–water partition coefficient (Wildman–Crippen LogP) is 2.84. The van der Waals surface area contributed by atoms with E-state index in [4.69, 9.17) is 9.15 Å². The molecular weight excluding hydrogens is 272 g/mol. The molecule has 0 saturated carbocycles. The van der Waals surface area contributed by atoms with Crippen molar-refractivity contribution >= 4 is 29.1 Å². The number of carbonyl (C=O) groups is 1. The summed E-state index contributed by atoms with van der Waals surface area (Å²) < 4.78 is 10.4. The zero-order valence-corrected chi connectivity index (χ0v) is 11.6. The fraction of sp³-hybridized carbons (Fsp3) is 0.364. The number of nitrogens with zero attached hydrogens (tertiary/aromatic N) is 2. The highest BCUT2D eigenvalue weighted by Crippen LogP contribution is 2.28. The number of aromatic nitrogens is 2. The molecule has 0 fully saturated rings. The maximum atomic E-state index is 11.5. The zero-order chi connectivity index (χ0) is 13.0. The molecule has 0 N–H and O–H groups in total. The van der Waals surface area contributed by atoms with Gasteiger partial charge in [-0.2, -0.15) is 0 Å². The first-order chi connectivity index (χ1) is 8.70. The van der Waals surface area contributed by atoms with Crippen LogP contribution in [0, 0.1) is 0 Å². The monoisotopic (exact) mass is 284 g/mol. The van der Waals surface area contributed by atoms with Crippen molar-refractivity contribution in [3.63, 3.8) is 0 Å². The molecule has 0 spiro atoms. The van der Waals surface area contributed by atoms with Gasteiger partial charge in [0.1, 0.15) is 5.25 Å². The third-order valence-electron chi connectivity index (χ3n) is 2.03. The number of ether oxygens (including phenoxy) is 1. The van der Waals surface area contributed by atoms with Crippen molar-refractivity contribution in [3.8, 4) is 10.8 Å². The minimum atomic E-state index is -0.360. The highest BCUT2D eigenvalue weighted by molar-refractivity contribution is 8.00. The first kappa shape index (κ1) is 13.1. The van der Waals surface area contributed by atoms with Crippen LogP contribution in [0.15, 0.2) is 27.2 Å². The normalized spacial score (nSPS) is 12.3. The van der Waals surface area contributed by atoms with Crippen LogP contribution >= 0.6 is 23.1 Å². The molecule has 7 heteroatoms. The lowest BCUT2D eigenvalue weighted by Gasteiger charge is -2.06. The van der Waals surface area contributed by atoms with E-state index in [9.17, 15) is 4.79 Å². The number of esters is 1. The van der Waals surface area contributed by atoms with E-state index in [0.717, 1.165) is 4.88 Å². The van der Waals surface area contributed by atoms with E-state index >= 15 is 0 Å². The third-order valence-corrected chi connectivity index (χ3v) is 3.81. The Kier molecular flexibility index (Phi) is 4.38. The Labute approximate surface area is 113 Å². The van der Waals surface area contributed by atoms with Crippen LogP contribution in [-0.2, 0) is 9.53 Å². The van der Waals surface area contributed by atoms with Crippen molar-refractivity contribution < 1.29 is 13.9 Å². The Balaban J connectivity index is 2.01. The molecule has 0 aromatic carbocycles. The quantitative estimate of drug-likeness (QED) is 0.621. The third kappa shape index (κ3) is 3.11. The molecule has 1 atom stereocenters. The van der Waals surface area contributed by atoms with Gasteiger partial charge < -0.3 is 9.15 Å². The van der Waals surface area contributed by atoms with Crippen molar-refractivity contribution in [1.82, 2.24) is 10.2 Å². The summed E-state index contributed by atoms with van der Waals surface area (Å²) in [6.07, 6.45) is 0. The van der Waals surface area contributed by atoms with Crippen molar-refractivity contribution in [3.05, 3.63) is 17.5 Å². The Bertz CT molecular complexity index is 510. The highest BCUT2D eigenvalue weighted by atomic mass is 32.2. The molecule has 0 radical (unpaired) electrons. The van der Waals surface area contributed by atoms with Gasteiger partial charge in [0.15, 0.2) is 0 Å². The summed E-state index contributed by atoms with van der Waals surface area (Å²) in [6, 6.07) is 3.82. The van der Waals surface area contributed by atoms with E-state index in [1.165, 1.54) is 23.1 Å². The molecular formula is C11H12N2O3S2. The Hall–Kier alpha value is -1.34. The van der Waals surface area contributed by atoms with E-state index in [0.29, 0.717) is 17.7 Å². The standard InChI is InChI=1S/C11H12N2O3S2/c1-3-15-10(14)7(2)18-11-13-12-9(16-11)8-5-4-6-17-8/h4-7H,3H2,1-2H3. The highest BCUT2D eigenvalue weighted by Gasteiger charge is 2.19. The number of rotatable bonds is 5. The molecule has 2 heterocycles. The Morgan fingerprint density at radius 1 is 1.61 bits per heavy atom. The van der Waals surface area contributed by atoms with Gasteiger partial charge in [0.2, 0.25) is 0 Å². The van der Waals surface area contributed by atoms with Crippen LogP contribution in [0.25, 0.3) is 10.8 Å². The second-order valence-corrected chi connectivity index (χ2v) is 5.60. The zero-order valence-electron chi connectivity index (χ0n) is 9.95. The number of thioether (sulfide) groups is 1. The lowest BCUT2D eigenvalue weighted by atomic mass is 10.5. The molecule has 0 bridgehead atoms. The van der Waals surface area contributed by atoms with Gasteiger partial charge in [-0.3, -0.25) is 4.79 Å². The summed E-state index contributed by atoms with van der Waals surface area (Å²) in [5.74, 6) is 0.196. The minimum Gasteiger partial charge on any atom is -0.465 e. The molecule has 2 rings (SSSR count). The molecule has 2 aromatic rings. The van der Waals surface area contributed by atoms with Crippen LogP contribution in [0.1, 0.15) is 13.8 Å². The molecule has 5 nitrogen and oxygen atoms in total. The summed E-state index contributed by atoms with van der Waals surface area (Å²) in [5.41, 5.74) is 0. The summed E-state index contributed by atoms with van der Waals surface area (Å²) >= 11 is 2.73. The summed E-state index contributed by atoms with van der Waals surface area (Å²) in [7, 11) is 0. The Morgan fingerprint density at radius 2 is 2.44 bits per heavy atom. The van der Waals surface area contributed by atoms with E-state index in [-0.39, 0.29) is 11.2 Å². The van der Waals surface area contributed by atoms with Crippen LogP contribution in [-0.4, -0.2) is 28.0 Å². The molecule has 2 aromatic heterocycles. The van der Waals surface area contributed by atoms with Crippen LogP contribution in [0.2, 0.25) is 0 Å². The van der Waals surface area contributed by atoms with E-state index in [1.807, 2.05) is 17.5 Å². The molecule has 1 unspecified atom stereocenters. The Morgan fingerprint density at radius 3 is 3.11 bits per heavy atom. The minimum absolute atomic E-state index is 0.279. The second kappa shape index (κ2) is 6.01. The van der Waals surface area contributed by atoms with E-state index in [2.05, 4.69) is 10.2 Å². The maximum absolute atomic E-state index is 11.5. The fourth-order valence-electron chi connectivity index (χ4n) is 1.22. The summed E-state index contributed by atoms with van der Waals surface area (Å²) in [5, 5.41) is 9.79. The topological polar surface area (TPSA) is 65.2 Å². The van der Waals surface area contributed by atoms with Gasteiger partial charge in [-0.1, -0.05) is 17.8 Å². The second-order valence-electron chi connectivity index (χ2n) is 3.36. The molecule has 18 heavy (non-hydrogen) atoms. The number of carbonyl (C=O) groups excluding carboxylic acids is 1. The average molecular weight is 284 g/mol. The first-order valence-electron chi connectivity index (χ1n) is 5.41.